The van der Waals surface area contributed by atoms with Crippen LogP contribution in [0.25, 0.3) is 27.7 Å². The SMILES string of the molecule is COc1cc2occ(-c3cccc(Br)c3)c2cc1/C(C)=C/C(=O)Nc1cccc(C)n1. The van der Waals surface area contributed by atoms with Crippen molar-refractivity contribution >= 4 is 44.2 Å². The van der Waals surface area contributed by atoms with Crippen LogP contribution in [0.2, 0.25) is 0 Å². The van der Waals surface area contributed by atoms with E-state index in [1.165, 1.54) is 0 Å². The minimum absolute atomic E-state index is 0.253. The first-order chi connectivity index (χ1) is 14.9. The Kier molecular flexibility index (Phi) is 5.91. The third-order valence-electron chi connectivity index (χ3n) is 4.94. The molecule has 0 bridgehead atoms. The lowest BCUT2D eigenvalue weighted by Crippen LogP contribution is -2.10. The standard InChI is InChI=1S/C25H21BrN2O3/c1-15(10-25(29)28-24-9-4-6-16(2)27-24)19-12-20-21(17-7-5-8-18(26)11-17)14-31-23(20)13-22(19)30-3/h4-14H,1-3H3,(H,27,28,29)/b15-10+. The van der Waals surface area contributed by atoms with Crippen molar-refractivity contribution in [2.24, 2.45) is 0 Å². The maximum Gasteiger partial charge on any atom is 0.249 e. The highest BCUT2D eigenvalue weighted by Gasteiger charge is 2.15. The minimum Gasteiger partial charge on any atom is -0.496 e. The number of carbonyl (C=O) groups is 1. The molecule has 0 fully saturated rings. The van der Waals surface area contributed by atoms with Crippen molar-refractivity contribution in [1.82, 2.24) is 4.98 Å². The summed E-state index contributed by atoms with van der Waals surface area (Å²) in [5.74, 6) is 0.901. The van der Waals surface area contributed by atoms with Crippen LogP contribution in [0.3, 0.4) is 0 Å². The fraction of sp³-hybridized carbons (Fsp3) is 0.120. The Balaban J connectivity index is 1.72. The van der Waals surface area contributed by atoms with Crippen LogP contribution in [0.1, 0.15) is 18.2 Å². The molecule has 6 heteroatoms. The van der Waals surface area contributed by atoms with Gasteiger partial charge >= 0.3 is 0 Å². The van der Waals surface area contributed by atoms with Crippen LogP contribution in [0.5, 0.6) is 5.75 Å². The van der Waals surface area contributed by atoms with Gasteiger partial charge in [-0.3, -0.25) is 4.79 Å². The summed E-state index contributed by atoms with van der Waals surface area (Å²) in [5, 5.41) is 3.75. The number of rotatable bonds is 5. The number of halogens is 1. The number of furan rings is 1. The van der Waals surface area contributed by atoms with E-state index in [0.717, 1.165) is 43.4 Å². The van der Waals surface area contributed by atoms with Crippen molar-refractivity contribution in [3.05, 3.63) is 82.7 Å². The maximum absolute atomic E-state index is 12.6. The average molecular weight is 477 g/mol. The topological polar surface area (TPSA) is 64.4 Å². The molecule has 4 aromatic rings. The second-order valence-corrected chi connectivity index (χ2v) is 8.10. The van der Waals surface area contributed by atoms with Crippen molar-refractivity contribution in [3.8, 4) is 16.9 Å². The molecule has 2 aromatic heterocycles. The molecule has 31 heavy (non-hydrogen) atoms. The van der Waals surface area contributed by atoms with Crippen molar-refractivity contribution in [2.75, 3.05) is 12.4 Å². The molecule has 0 aliphatic heterocycles. The van der Waals surface area contributed by atoms with E-state index in [-0.39, 0.29) is 5.91 Å². The van der Waals surface area contributed by atoms with Crippen molar-refractivity contribution in [2.45, 2.75) is 13.8 Å². The van der Waals surface area contributed by atoms with Crippen LogP contribution in [-0.2, 0) is 4.79 Å². The van der Waals surface area contributed by atoms with Crippen molar-refractivity contribution < 1.29 is 13.9 Å². The highest BCUT2D eigenvalue weighted by molar-refractivity contribution is 9.10. The number of ether oxygens (including phenoxy) is 1. The molecule has 156 valence electrons. The molecule has 2 heterocycles. The number of anilines is 1. The van der Waals surface area contributed by atoms with Crippen LogP contribution in [0.4, 0.5) is 5.82 Å². The monoisotopic (exact) mass is 476 g/mol. The maximum atomic E-state index is 12.6. The number of nitrogens with zero attached hydrogens (tertiary/aromatic N) is 1. The fourth-order valence-corrected chi connectivity index (χ4v) is 3.86. The predicted octanol–water partition coefficient (Wildman–Crippen LogP) is 6.62. The van der Waals surface area contributed by atoms with E-state index in [1.54, 1.807) is 25.5 Å². The zero-order chi connectivity index (χ0) is 22.0. The second-order valence-electron chi connectivity index (χ2n) is 7.19. The summed E-state index contributed by atoms with van der Waals surface area (Å²) in [5.41, 5.74) is 5.16. The molecule has 1 N–H and O–H groups in total. The first-order valence-corrected chi connectivity index (χ1v) is 10.5. The third kappa shape index (κ3) is 4.54. The molecule has 0 aliphatic rings. The molecular weight excluding hydrogens is 456 g/mol. The molecule has 5 nitrogen and oxygen atoms in total. The van der Waals surface area contributed by atoms with E-state index in [0.29, 0.717) is 11.6 Å². The summed E-state index contributed by atoms with van der Waals surface area (Å²) in [6.45, 7) is 3.76. The molecular formula is C25H21BrN2O3. The Morgan fingerprint density at radius 2 is 1.97 bits per heavy atom. The Morgan fingerprint density at radius 3 is 2.71 bits per heavy atom. The van der Waals surface area contributed by atoms with E-state index >= 15 is 0 Å². The smallest absolute Gasteiger partial charge is 0.249 e. The molecule has 0 radical (unpaired) electrons. The van der Waals surface area contributed by atoms with Gasteiger partial charge in [0.25, 0.3) is 0 Å². The van der Waals surface area contributed by atoms with Gasteiger partial charge in [-0.2, -0.15) is 0 Å². The van der Waals surface area contributed by atoms with Crippen molar-refractivity contribution in [3.63, 3.8) is 0 Å². The largest absolute Gasteiger partial charge is 0.496 e. The van der Waals surface area contributed by atoms with Gasteiger partial charge < -0.3 is 14.5 Å². The van der Waals surface area contributed by atoms with Gasteiger partial charge in [0.05, 0.1) is 13.4 Å². The first-order valence-electron chi connectivity index (χ1n) is 9.73. The first kappa shape index (κ1) is 20.9. The van der Waals surface area contributed by atoms with Gasteiger partial charge in [0.1, 0.15) is 17.2 Å². The zero-order valence-electron chi connectivity index (χ0n) is 17.4. The summed E-state index contributed by atoms with van der Waals surface area (Å²) in [6, 6.07) is 17.4. The molecule has 1 amide bonds. The Morgan fingerprint density at radius 1 is 1.16 bits per heavy atom. The van der Waals surface area contributed by atoms with E-state index in [9.17, 15) is 4.79 Å². The number of pyridine rings is 1. The van der Waals surface area contributed by atoms with Crippen LogP contribution in [0.15, 0.2) is 75.8 Å². The van der Waals surface area contributed by atoms with E-state index in [1.807, 2.05) is 62.4 Å². The number of carbonyl (C=O) groups excluding carboxylic acids is 1. The highest BCUT2D eigenvalue weighted by Crippen LogP contribution is 2.37. The van der Waals surface area contributed by atoms with Gasteiger partial charge in [0, 0.05) is 38.8 Å². The number of hydrogen-bond acceptors (Lipinski definition) is 4. The summed E-state index contributed by atoms with van der Waals surface area (Å²) in [6.07, 6.45) is 3.29. The Bertz CT molecular complexity index is 1310. The number of nitrogens with one attached hydrogen (secondary N) is 1. The summed E-state index contributed by atoms with van der Waals surface area (Å²) in [7, 11) is 1.60. The lowest BCUT2D eigenvalue weighted by molar-refractivity contribution is -0.111. The van der Waals surface area contributed by atoms with Crippen molar-refractivity contribution in [1.29, 1.82) is 0 Å². The number of aryl methyl sites for hydroxylation is 1. The molecule has 0 spiro atoms. The van der Waals surface area contributed by atoms with Crippen LogP contribution in [-0.4, -0.2) is 18.0 Å². The number of methoxy groups -OCH3 is 1. The average Bonchev–Trinajstić information content (AvgIpc) is 3.15. The van der Waals surface area contributed by atoms with Gasteiger partial charge in [0.2, 0.25) is 5.91 Å². The lowest BCUT2D eigenvalue weighted by atomic mass is 9.99. The molecule has 4 rings (SSSR count). The predicted molar refractivity (Wildman–Crippen MR) is 127 cm³/mol. The number of aromatic nitrogens is 1. The second kappa shape index (κ2) is 8.78. The van der Waals surface area contributed by atoms with Gasteiger partial charge in [-0.25, -0.2) is 4.98 Å². The zero-order valence-corrected chi connectivity index (χ0v) is 19.0. The van der Waals surface area contributed by atoms with Crippen LogP contribution >= 0.6 is 15.9 Å². The van der Waals surface area contributed by atoms with Crippen LogP contribution in [0, 0.1) is 6.92 Å². The minimum atomic E-state index is -0.253. The Hall–Kier alpha value is -3.38. The lowest BCUT2D eigenvalue weighted by Gasteiger charge is -2.10. The number of allylic oxidation sites excluding steroid dienone is 1. The number of benzene rings is 2. The Labute approximate surface area is 188 Å². The van der Waals surface area contributed by atoms with Crippen LogP contribution < -0.4 is 10.1 Å². The van der Waals surface area contributed by atoms with Gasteiger partial charge in [-0.1, -0.05) is 34.1 Å². The third-order valence-corrected chi connectivity index (χ3v) is 5.44. The number of fused-ring (bicyclic) bond motifs is 1. The molecule has 2 aromatic carbocycles. The van der Waals surface area contributed by atoms with E-state index in [2.05, 4.69) is 26.2 Å². The number of amides is 1. The highest BCUT2D eigenvalue weighted by atomic mass is 79.9. The molecule has 0 aliphatic carbocycles. The van der Waals surface area contributed by atoms with Gasteiger partial charge in [-0.15, -0.1) is 0 Å². The molecule has 0 saturated carbocycles. The number of hydrogen-bond donors (Lipinski definition) is 1. The molecule has 0 unspecified atom stereocenters. The normalized spacial score (nSPS) is 11.5. The molecule has 0 atom stereocenters. The summed E-state index contributed by atoms with van der Waals surface area (Å²) in [4.78, 5) is 16.9. The van der Waals surface area contributed by atoms with Gasteiger partial charge in [-0.05, 0) is 55.3 Å². The van der Waals surface area contributed by atoms with E-state index < -0.39 is 0 Å². The molecule has 0 saturated heterocycles. The van der Waals surface area contributed by atoms with E-state index in [4.69, 9.17) is 9.15 Å². The van der Waals surface area contributed by atoms with Gasteiger partial charge in [0.15, 0.2) is 0 Å². The summed E-state index contributed by atoms with van der Waals surface area (Å²) < 4.78 is 12.4. The summed E-state index contributed by atoms with van der Waals surface area (Å²) >= 11 is 3.52. The quantitative estimate of drug-likeness (QED) is 0.328. The fourth-order valence-electron chi connectivity index (χ4n) is 3.46.